The first-order valence-electron chi connectivity index (χ1n) is 6.14. The minimum atomic E-state index is 0.0545. The van der Waals surface area contributed by atoms with Crippen LogP contribution >= 0.6 is 11.6 Å². The molecule has 0 aliphatic carbocycles. The molecule has 1 aliphatic rings. The minimum Gasteiger partial charge on any atom is -0.378 e. The average Bonchev–Trinajstić information content (AvgIpc) is 2.65. The van der Waals surface area contributed by atoms with Gasteiger partial charge in [0.1, 0.15) is 0 Å². The van der Waals surface area contributed by atoms with Gasteiger partial charge in [-0.2, -0.15) is 0 Å². The lowest BCUT2D eigenvalue weighted by atomic mass is 9.76. The molecule has 1 aromatic carbocycles. The highest BCUT2D eigenvalue weighted by atomic mass is 35.5. The maximum absolute atomic E-state index is 6.29. The van der Waals surface area contributed by atoms with Gasteiger partial charge >= 0.3 is 0 Å². The molecule has 1 aliphatic heterocycles. The lowest BCUT2D eigenvalue weighted by Crippen LogP contribution is -2.38. The van der Waals surface area contributed by atoms with Gasteiger partial charge in [0, 0.05) is 23.6 Å². The molecule has 3 heteroatoms. The second-order valence-electron chi connectivity index (χ2n) is 5.10. The molecule has 2 nitrogen and oxygen atoms in total. The zero-order chi connectivity index (χ0) is 12.5. The number of halogens is 1. The molecular weight excluding hydrogens is 234 g/mol. The van der Waals surface area contributed by atoms with Crippen LogP contribution in [0.1, 0.15) is 24.5 Å². The summed E-state index contributed by atoms with van der Waals surface area (Å²) in [5, 5.41) is 0.844. The molecule has 0 saturated carbocycles. The summed E-state index contributed by atoms with van der Waals surface area (Å²) in [4.78, 5) is 0. The van der Waals surface area contributed by atoms with Gasteiger partial charge in [0.05, 0.1) is 6.10 Å². The maximum atomic E-state index is 6.29. The summed E-state index contributed by atoms with van der Waals surface area (Å²) >= 11 is 6.29. The van der Waals surface area contributed by atoms with E-state index in [-0.39, 0.29) is 11.5 Å². The molecule has 0 aromatic heterocycles. The Morgan fingerprint density at radius 3 is 2.82 bits per heavy atom. The monoisotopic (exact) mass is 253 g/mol. The number of rotatable bonds is 3. The molecule has 0 radical (unpaired) electrons. The van der Waals surface area contributed by atoms with Crippen molar-refractivity contribution in [3.63, 3.8) is 0 Å². The largest absolute Gasteiger partial charge is 0.378 e. The van der Waals surface area contributed by atoms with Crippen molar-refractivity contribution < 1.29 is 4.74 Å². The number of hydrogen-bond acceptors (Lipinski definition) is 2. The van der Waals surface area contributed by atoms with Crippen LogP contribution in [0.2, 0.25) is 5.02 Å². The van der Waals surface area contributed by atoms with Crippen LogP contribution in [-0.4, -0.2) is 19.3 Å². The van der Waals surface area contributed by atoms with Crippen molar-refractivity contribution in [2.45, 2.75) is 32.8 Å². The fraction of sp³-hybridized carbons (Fsp3) is 0.571. The molecule has 0 amide bonds. The van der Waals surface area contributed by atoms with Crippen LogP contribution in [-0.2, 0) is 11.2 Å². The van der Waals surface area contributed by atoms with Gasteiger partial charge in [-0.3, -0.25) is 0 Å². The first-order chi connectivity index (χ1) is 8.07. The van der Waals surface area contributed by atoms with Gasteiger partial charge in [0.25, 0.3) is 0 Å². The fourth-order valence-corrected chi connectivity index (χ4v) is 2.87. The molecule has 1 fully saturated rings. The van der Waals surface area contributed by atoms with E-state index in [9.17, 15) is 0 Å². The Morgan fingerprint density at radius 2 is 2.29 bits per heavy atom. The Kier molecular flexibility index (Phi) is 3.76. The standard InChI is InChI=1S/C14H20ClNO/c1-10-3-4-12(13(15)7-10)8-14(9-16)5-6-17-11(14)2/h3-4,7,11H,5-6,8-9,16H2,1-2H3. The third-order valence-corrected chi connectivity index (χ3v) is 4.34. The summed E-state index contributed by atoms with van der Waals surface area (Å²) in [6, 6.07) is 6.23. The van der Waals surface area contributed by atoms with Gasteiger partial charge in [0.2, 0.25) is 0 Å². The van der Waals surface area contributed by atoms with Gasteiger partial charge in [-0.05, 0) is 43.9 Å². The molecule has 0 spiro atoms. The normalized spacial score (nSPS) is 28.6. The van der Waals surface area contributed by atoms with Crippen molar-refractivity contribution in [1.82, 2.24) is 0 Å². The zero-order valence-electron chi connectivity index (χ0n) is 10.5. The van der Waals surface area contributed by atoms with E-state index in [0.29, 0.717) is 6.54 Å². The van der Waals surface area contributed by atoms with Crippen molar-refractivity contribution in [3.05, 3.63) is 34.3 Å². The van der Waals surface area contributed by atoms with Crippen LogP contribution in [0.4, 0.5) is 0 Å². The second kappa shape index (κ2) is 4.97. The second-order valence-corrected chi connectivity index (χ2v) is 5.51. The molecule has 2 rings (SSSR count). The molecule has 2 atom stereocenters. The Balaban J connectivity index is 2.24. The van der Waals surface area contributed by atoms with Crippen molar-refractivity contribution in [3.8, 4) is 0 Å². The summed E-state index contributed by atoms with van der Waals surface area (Å²) < 4.78 is 5.67. The zero-order valence-corrected chi connectivity index (χ0v) is 11.3. The molecule has 17 heavy (non-hydrogen) atoms. The van der Waals surface area contributed by atoms with Crippen LogP contribution in [0.25, 0.3) is 0 Å². The van der Waals surface area contributed by atoms with E-state index in [2.05, 4.69) is 26.0 Å². The van der Waals surface area contributed by atoms with Crippen LogP contribution in [0.3, 0.4) is 0 Å². The van der Waals surface area contributed by atoms with Gasteiger partial charge in [-0.15, -0.1) is 0 Å². The van der Waals surface area contributed by atoms with Crippen LogP contribution in [0, 0.1) is 12.3 Å². The lowest BCUT2D eigenvalue weighted by Gasteiger charge is -2.31. The molecular formula is C14H20ClNO. The quantitative estimate of drug-likeness (QED) is 0.899. The predicted octanol–water partition coefficient (Wildman–Crippen LogP) is 2.94. The van der Waals surface area contributed by atoms with Crippen molar-refractivity contribution in [1.29, 1.82) is 0 Å². The lowest BCUT2D eigenvalue weighted by molar-refractivity contribution is 0.0674. The van der Waals surface area contributed by atoms with Crippen LogP contribution in [0.15, 0.2) is 18.2 Å². The first kappa shape index (κ1) is 12.9. The smallest absolute Gasteiger partial charge is 0.0619 e. The number of aryl methyl sites for hydroxylation is 1. The summed E-state index contributed by atoms with van der Waals surface area (Å²) in [6.45, 7) is 5.62. The number of benzene rings is 1. The highest BCUT2D eigenvalue weighted by molar-refractivity contribution is 6.31. The Labute approximate surface area is 108 Å². The van der Waals surface area contributed by atoms with Crippen molar-refractivity contribution in [2.75, 3.05) is 13.2 Å². The van der Waals surface area contributed by atoms with E-state index in [1.165, 1.54) is 11.1 Å². The topological polar surface area (TPSA) is 35.2 Å². The number of hydrogen-bond donors (Lipinski definition) is 1. The van der Waals surface area contributed by atoms with Crippen molar-refractivity contribution >= 4 is 11.6 Å². The number of nitrogens with two attached hydrogens (primary N) is 1. The maximum Gasteiger partial charge on any atom is 0.0619 e. The molecule has 0 bridgehead atoms. The summed E-state index contributed by atoms with van der Waals surface area (Å²) in [5.74, 6) is 0. The SMILES string of the molecule is Cc1ccc(CC2(CN)CCOC2C)c(Cl)c1. The van der Waals surface area contributed by atoms with E-state index in [4.69, 9.17) is 22.1 Å². The molecule has 1 heterocycles. The highest BCUT2D eigenvalue weighted by Crippen LogP contribution is 2.38. The van der Waals surface area contributed by atoms with E-state index >= 15 is 0 Å². The minimum absolute atomic E-state index is 0.0545. The van der Waals surface area contributed by atoms with E-state index in [1.54, 1.807) is 0 Å². The Morgan fingerprint density at radius 1 is 1.53 bits per heavy atom. The van der Waals surface area contributed by atoms with E-state index in [0.717, 1.165) is 24.5 Å². The van der Waals surface area contributed by atoms with Crippen LogP contribution < -0.4 is 5.73 Å². The third kappa shape index (κ3) is 2.49. The Bertz CT molecular complexity index is 407. The first-order valence-corrected chi connectivity index (χ1v) is 6.52. The Hall–Kier alpha value is -0.570. The number of ether oxygens (including phenoxy) is 1. The van der Waals surface area contributed by atoms with E-state index < -0.39 is 0 Å². The summed E-state index contributed by atoms with van der Waals surface area (Å²) in [6.07, 6.45) is 2.14. The average molecular weight is 254 g/mol. The van der Waals surface area contributed by atoms with Gasteiger partial charge in [0.15, 0.2) is 0 Å². The highest BCUT2D eigenvalue weighted by Gasteiger charge is 2.40. The van der Waals surface area contributed by atoms with Crippen LogP contribution in [0.5, 0.6) is 0 Å². The fourth-order valence-electron chi connectivity index (χ4n) is 2.57. The van der Waals surface area contributed by atoms with Gasteiger partial charge < -0.3 is 10.5 Å². The molecule has 2 N–H and O–H groups in total. The van der Waals surface area contributed by atoms with Gasteiger partial charge in [-0.1, -0.05) is 23.7 Å². The predicted molar refractivity (Wildman–Crippen MR) is 71.4 cm³/mol. The third-order valence-electron chi connectivity index (χ3n) is 3.99. The molecule has 2 unspecified atom stereocenters. The summed E-state index contributed by atoms with van der Waals surface area (Å²) in [7, 11) is 0. The molecule has 1 saturated heterocycles. The van der Waals surface area contributed by atoms with E-state index in [1.807, 2.05) is 6.07 Å². The molecule has 94 valence electrons. The van der Waals surface area contributed by atoms with Crippen molar-refractivity contribution in [2.24, 2.45) is 11.1 Å². The van der Waals surface area contributed by atoms with Gasteiger partial charge in [-0.25, -0.2) is 0 Å². The summed E-state index contributed by atoms with van der Waals surface area (Å²) in [5.41, 5.74) is 8.39. The molecule has 1 aromatic rings.